The summed E-state index contributed by atoms with van der Waals surface area (Å²) in [6.07, 6.45) is 5.71. The van der Waals surface area contributed by atoms with Crippen LogP contribution in [0.3, 0.4) is 0 Å². The zero-order valence-electron chi connectivity index (χ0n) is 15.5. The quantitative estimate of drug-likeness (QED) is 0.617. The van der Waals surface area contributed by atoms with Gasteiger partial charge in [0.1, 0.15) is 0 Å². The lowest BCUT2D eigenvalue weighted by Crippen LogP contribution is -2.25. The summed E-state index contributed by atoms with van der Waals surface area (Å²) in [5.41, 5.74) is 4.81. The molecule has 1 aromatic heterocycles. The molecule has 2 aromatic carbocycles. The lowest BCUT2D eigenvalue weighted by molar-refractivity contribution is -0.116. The van der Waals surface area contributed by atoms with E-state index in [1.807, 2.05) is 18.2 Å². The van der Waals surface area contributed by atoms with E-state index in [-0.39, 0.29) is 5.91 Å². The zero-order valence-corrected chi connectivity index (χ0v) is 15.5. The van der Waals surface area contributed by atoms with Crippen LogP contribution in [0.2, 0.25) is 0 Å². The third-order valence-electron chi connectivity index (χ3n) is 4.60. The molecule has 1 amide bonds. The summed E-state index contributed by atoms with van der Waals surface area (Å²) < 4.78 is 2.24. The number of rotatable bonds is 7. The van der Waals surface area contributed by atoms with Crippen LogP contribution >= 0.6 is 0 Å². The smallest absolute Gasteiger partial charge is 0.244 e. The number of para-hydroxylation sites is 1. The number of carbonyl (C=O) groups excluding carboxylic acids is 1. The molecule has 0 radical (unpaired) electrons. The second-order valence-electron chi connectivity index (χ2n) is 6.61. The van der Waals surface area contributed by atoms with Gasteiger partial charge in [-0.3, -0.25) is 4.79 Å². The predicted molar refractivity (Wildman–Crippen MR) is 109 cm³/mol. The van der Waals surface area contributed by atoms with E-state index in [1.54, 1.807) is 6.08 Å². The van der Waals surface area contributed by atoms with Crippen LogP contribution in [0.15, 0.2) is 60.7 Å². The lowest BCUT2D eigenvalue weighted by Gasteiger charge is -2.08. The molecule has 0 aliphatic heterocycles. The molecule has 0 saturated carbocycles. The van der Waals surface area contributed by atoms with Gasteiger partial charge in [0.05, 0.1) is 0 Å². The van der Waals surface area contributed by atoms with Gasteiger partial charge in [-0.1, -0.05) is 55.8 Å². The summed E-state index contributed by atoms with van der Waals surface area (Å²) >= 11 is 0. The van der Waals surface area contributed by atoms with E-state index < -0.39 is 0 Å². The number of aromatic nitrogens is 1. The number of benzene rings is 2. The van der Waals surface area contributed by atoms with Gasteiger partial charge in [-0.15, -0.1) is 0 Å². The summed E-state index contributed by atoms with van der Waals surface area (Å²) in [4.78, 5) is 12.1. The number of nitrogens with zero attached hydrogens (tertiary/aromatic N) is 1. The molecular formula is C23H26N2O. The van der Waals surface area contributed by atoms with E-state index in [0.29, 0.717) is 6.54 Å². The summed E-state index contributed by atoms with van der Waals surface area (Å²) in [5, 5.41) is 4.21. The van der Waals surface area contributed by atoms with E-state index in [1.165, 1.54) is 22.2 Å². The molecule has 3 nitrogen and oxygen atoms in total. The van der Waals surface area contributed by atoms with Gasteiger partial charge in [0.25, 0.3) is 0 Å². The van der Waals surface area contributed by atoms with Crippen molar-refractivity contribution < 1.29 is 4.79 Å². The molecule has 0 unspecified atom stereocenters. The monoisotopic (exact) mass is 346 g/mol. The Kier molecular flexibility index (Phi) is 5.90. The second kappa shape index (κ2) is 8.52. The minimum absolute atomic E-state index is 0.0586. The van der Waals surface area contributed by atoms with Gasteiger partial charge in [0, 0.05) is 30.4 Å². The van der Waals surface area contributed by atoms with E-state index in [2.05, 4.69) is 66.2 Å². The molecule has 0 atom stereocenters. The number of amides is 1. The van der Waals surface area contributed by atoms with Crippen LogP contribution in [0.1, 0.15) is 30.2 Å². The number of aryl methyl sites for hydroxylation is 2. The highest BCUT2D eigenvalue weighted by Crippen LogP contribution is 2.18. The fraction of sp³-hybridized carbons (Fsp3) is 0.261. The first-order valence-corrected chi connectivity index (χ1v) is 9.27. The average molecular weight is 346 g/mol. The molecule has 26 heavy (non-hydrogen) atoms. The first kappa shape index (κ1) is 18.0. The Balaban J connectivity index is 1.53. The Labute approximate surface area is 155 Å². The molecule has 3 heteroatoms. The van der Waals surface area contributed by atoms with Crippen LogP contribution in [0, 0.1) is 6.92 Å². The normalized spacial score (nSPS) is 11.3. The molecule has 0 aliphatic rings. The zero-order chi connectivity index (χ0) is 18.4. The molecule has 134 valence electrons. The third kappa shape index (κ3) is 4.42. The molecule has 0 saturated heterocycles. The highest BCUT2D eigenvalue weighted by molar-refractivity contribution is 5.91. The predicted octanol–water partition coefficient (Wildman–Crippen LogP) is 4.73. The Bertz CT molecular complexity index is 904. The maximum Gasteiger partial charge on any atom is 0.244 e. The number of carbonyl (C=O) groups is 1. The van der Waals surface area contributed by atoms with Gasteiger partial charge < -0.3 is 9.88 Å². The summed E-state index contributed by atoms with van der Waals surface area (Å²) in [6.45, 7) is 5.66. The first-order valence-electron chi connectivity index (χ1n) is 9.27. The average Bonchev–Trinajstić information content (AvgIpc) is 2.97. The number of fused-ring (bicyclic) bond motifs is 1. The molecule has 0 spiro atoms. The minimum atomic E-state index is -0.0586. The van der Waals surface area contributed by atoms with Crippen molar-refractivity contribution >= 4 is 22.9 Å². The molecule has 0 fully saturated rings. The lowest BCUT2D eigenvalue weighted by atomic mass is 10.1. The van der Waals surface area contributed by atoms with Gasteiger partial charge >= 0.3 is 0 Å². The molecular weight excluding hydrogens is 320 g/mol. The topological polar surface area (TPSA) is 34.0 Å². The second-order valence-corrected chi connectivity index (χ2v) is 6.61. The number of hydrogen-bond acceptors (Lipinski definition) is 1. The molecule has 1 N–H and O–H groups in total. The standard InChI is InChI=1S/C23H26N2O/c1-3-6-19-9-11-20(12-10-19)13-14-23(26)24-15-16-25-18(2)17-21-7-4-5-8-22(21)25/h4-5,7-14,17H,3,6,15-16H2,1-2H3,(H,24,26). The Hall–Kier alpha value is -2.81. The van der Waals surface area contributed by atoms with Crippen molar-refractivity contribution in [1.82, 2.24) is 9.88 Å². The molecule has 0 bridgehead atoms. The number of hydrogen-bond donors (Lipinski definition) is 1. The van der Waals surface area contributed by atoms with Gasteiger partial charge in [-0.25, -0.2) is 0 Å². The summed E-state index contributed by atoms with van der Waals surface area (Å²) in [6, 6.07) is 18.9. The Morgan fingerprint density at radius 2 is 1.88 bits per heavy atom. The number of nitrogens with one attached hydrogen (secondary N) is 1. The van der Waals surface area contributed by atoms with Crippen LogP contribution in [-0.4, -0.2) is 17.0 Å². The minimum Gasteiger partial charge on any atom is -0.351 e. The fourth-order valence-electron chi connectivity index (χ4n) is 3.25. The van der Waals surface area contributed by atoms with Crippen molar-refractivity contribution in [3.8, 4) is 0 Å². The van der Waals surface area contributed by atoms with Gasteiger partial charge in [-0.2, -0.15) is 0 Å². The third-order valence-corrected chi connectivity index (χ3v) is 4.60. The van der Waals surface area contributed by atoms with Crippen molar-refractivity contribution in [1.29, 1.82) is 0 Å². The van der Waals surface area contributed by atoms with Gasteiger partial charge in [0.2, 0.25) is 5.91 Å². The fourth-order valence-corrected chi connectivity index (χ4v) is 3.25. The summed E-state index contributed by atoms with van der Waals surface area (Å²) in [7, 11) is 0. The Morgan fingerprint density at radius 1 is 1.12 bits per heavy atom. The SMILES string of the molecule is CCCc1ccc(C=CC(=O)NCCn2c(C)cc3ccccc32)cc1. The molecule has 3 aromatic rings. The van der Waals surface area contributed by atoms with Gasteiger partial charge in [0.15, 0.2) is 0 Å². The highest BCUT2D eigenvalue weighted by Gasteiger charge is 2.04. The van der Waals surface area contributed by atoms with E-state index >= 15 is 0 Å². The van der Waals surface area contributed by atoms with Crippen LogP contribution in [0.25, 0.3) is 17.0 Å². The van der Waals surface area contributed by atoms with Crippen LogP contribution in [0.5, 0.6) is 0 Å². The van der Waals surface area contributed by atoms with Gasteiger partial charge in [-0.05, 0) is 48.1 Å². The van der Waals surface area contributed by atoms with Crippen molar-refractivity contribution in [3.63, 3.8) is 0 Å². The van der Waals surface area contributed by atoms with Crippen molar-refractivity contribution in [2.24, 2.45) is 0 Å². The highest BCUT2D eigenvalue weighted by atomic mass is 16.1. The van der Waals surface area contributed by atoms with Crippen molar-refractivity contribution in [3.05, 3.63) is 77.5 Å². The molecule has 3 rings (SSSR count). The van der Waals surface area contributed by atoms with Crippen LogP contribution in [-0.2, 0) is 17.8 Å². The largest absolute Gasteiger partial charge is 0.351 e. The van der Waals surface area contributed by atoms with Crippen molar-refractivity contribution in [2.45, 2.75) is 33.2 Å². The molecule has 1 heterocycles. The maximum absolute atomic E-state index is 12.1. The maximum atomic E-state index is 12.1. The molecule has 0 aliphatic carbocycles. The Morgan fingerprint density at radius 3 is 2.65 bits per heavy atom. The van der Waals surface area contributed by atoms with Crippen LogP contribution < -0.4 is 5.32 Å². The van der Waals surface area contributed by atoms with E-state index in [9.17, 15) is 4.79 Å². The summed E-state index contributed by atoms with van der Waals surface area (Å²) in [5.74, 6) is -0.0586. The van der Waals surface area contributed by atoms with E-state index in [0.717, 1.165) is 24.9 Å². The first-order chi connectivity index (χ1) is 12.7. The van der Waals surface area contributed by atoms with E-state index in [4.69, 9.17) is 0 Å². The van der Waals surface area contributed by atoms with Crippen LogP contribution in [0.4, 0.5) is 0 Å². The van der Waals surface area contributed by atoms with Crippen molar-refractivity contribution in [2.75, 3.05) is 6.54 Å².